The molecule has 0 aromatic carbocycles. The third-order valence-corrected chi connectivity index (χ3v) is 3.07. The standard InChI is InChI=1S/C11H14ClN/c1-2-8-4-3-5-9-6-7-10(12)13-11(8)9/h6-8H,2-5H2,1H3. The fourth-order valence-corrected chi connectivity index (χ4v) is 2.27. The molecule has 0 saturated carbocycles. The number of pyridine rings is 1. The van der Waals surface area contributed by atoms with E-state index in [0.717, 1.165) is 0 Å². The fraction of sp³-hybridized carbons (Fsp3) is 0.545. The van der Waals surface area contributed by atoms with Gasteiger partial charge in [0.25, 0.3) is 0 Å². The summed E-state index contributed by atoms with van der Waals surface area (Å²) in [7, 11) is 0. The Morgan fingerprint density at radius 1 is 1.54 bits per heavy atom. The van der Waals surface area contributed by atoms with Gasteiger partial charge in [-0.2, -0.15) is 0 Å². The topological polar surface area (TPSA) is 12.9 Å². The van der Waals surface area contributed by atoms with Crippen molar-refractivity contribution in [2.75, 3.05) is 0 Å². The van der Waals surface area contributed by atoms with Gasteiger partial charge in [-0.15, -0.1) is 0 Å². The van der Waals surface area contributed by atoms with Gasteiger partial charge < -0.3 is 0 Å². The van der Waals surface area contributed by atoms with Gasteiger partial charge in [-0.1, -0.05) is 24.6 Å². The lowest BCUT2D eigenvalue weighted by atomic mass is 9.85. The minimum atomic E-state index is 0.638. The Balaban J connectivity index is 2.41. The molecule has 1 nitrogen and oxygen atoms in total. The molecule has 1 aromatic heterocycles. The van der Waals surface area contributed by atoms with Gasteiger partial charge in [-0.25, -0.2) is 4.98 Å². The van der Waals surface area contributed by atoms with E-state index in [0.29, 0.717) is 11.1 Å². The van der Waals surface area contributed by atoms with Crippen molar-refractivity contribution in [2.45, 2.75) is 38.5 Å². The van der Waals surface area contributed by atoms with Crippen LogP contribution < -0.4 is 0 Å². The molecule has 1 aliphatic rings. The average molecular weight is 196 g/mol. The number of hydrogen-bond donors (Lipinski definition) is 0. The highest BCUT2D eigenvalue weighted by Crippen LogP contribution is 2.32. The van der Waals surface area contributed by atoms with Gasteiger partial charge in [0.05, 0.1) is 0 Å². The highest BCUT2D eigenvalue weighted by molar-refractivity contribution is 6.29. The first-order chi connectivity index (χ1) is 6.31. The molecular weight excluding hydrogens is 182 g/mol. The van der Waals surface area contributed by atoms with Crippen LogP contribution in [0.4, 0.5) is 0 Å². The second-order valence-electron chi connectivity index (χ2n) is 3.68. The number of halogens is 1. The lowest BCUT2D eigenvalue weighted by molar-refractivity contribution is 0.525. The van der Waals surface area contributed by atoms with Crippen LogP contribution in [-0.4, -0.2) is 4.98 Å². The van der Waals surface area contributed by atoms with Crippen LogP contribution >= 0.6 is 11.6 Å². The van der Waals surface area contributed by atoms with Crippen LogP contribution in [0, 0.1) is 0 Å². The summed E-state index contributed by atoms with van der Waals surface area (Å²) in [5, 5.41) is 0.638. The van der Waals surface area contributed by atoms with Crippen LogP contribution in [0.1, 0.15) is 43.4 Å². The molecule has 1 unspecified atom stereocenters. The summed E-state index contributed by atoms with van der Waals surface area (Å²) >= 11 is 5.89. The third-order valence-electron chi connectivity index (χ3n) is 2.86. The molecule has 13 heavy (non-hydrogen) atoms. The summed E-state index contributed by atoms with van der Waals surface area (Å²) in [5.74, 6) is 0.641. The number of hydrogen-bond acceptors (Lipinski definition) is 1. The predicted molar refractivity (Wildman–Crippen MR) is 55.2 cm³/mol. The van der Waals surface area contributed by atoms with Gasteiger partial charge in [-0.3, -0.25) is 0 Å². The molecule has 0 amide bonds. The molecule has 2 heteroatoms. The summed E-state index contributed by atoms with van der Waals surface area (Å²) in [6.07, 6.45) is 4.93. The van der Waals surface area contributed by atoms with Crippen molar-refractivity contribution in [1.82, 2.24) is 4.98 Å². The van der Waals surface area contributed by atoms with E-state index in [-0.39, 0.29) is 0 Å². The average Bonchev–Trinajstić information content (AvgIpc) is 2.17. The Bertz CT molecular complexity index is 309. The summed E-state index contributed by atoms with van der Waals surface area (Å²) in [5.41, 5.74) is 2.66. The van der Waals surface area contributed by atoms with E-state index in [1.54, 1.807) is 0 Å². The zero-order valence-electron chi connectivity index (χ0n) is 7.89. The van der Waals surface area contributed by atoms with Crippen LogP contribution in [0.25, 0.3) is 0 Å². The zero-order valence-corrected chi connectivity index (χ0v) is 8.64. The molecular formula is C11H14ClN. The van der Waals surface area contributed by atoms with Crippen molar-refractivity contribution in [2.24, 2.45) is 0 Å². The van der Waals surface area contributed by atoms with Crippen LogP contribution in [0.15, 0.2) is 12.1 Å². The normalized spacial score (nSPS) is 21.2. The third kappa shape index (κ3) is 1.71. The first kappa shape index (κ1) is 9.01. The second kappa shape index (κ2) is 3.67. The van der Waals surface area contributed by atoms with Crippen molar-refractivity contribution in [3.05, 3.63) is 28.5 Å². The zero-order chi connectivity index (χ0) is 9.26. The van der Waals surface area contributed by atoms with Crippen molar-refractivity contribution in [3.8, 4) is 0 Å². The van der Waals surface area contributed by atoms with Crippen LogP contribution in [0.5, 0.6) is 0 Å². The maximum Gasteiger partial charge on any atom is 0.129 e. The van der Waals surface area contributed by atoms with Gasteiger partial charge in [-0.05, 0) is 37.3 Å². The lowest BCUT2D eigenvalue weighted by Gasteiger charge is -2.23. The highest BCUT2D eigenvalue weighted by Gasteiger charge is 2.19. The first-order valence-corrected chi connectivity index (χ1v) is 5.34. The summed E-state index contributed by atoms with van der Waals surface area (Å²) in [4.78, 5) is 4.43. The smallest absolute Gasteiger partial charge is 0.129 e. The monoisotopic (exact) mass is 195 g/mol. The molecule has 1 heterocycles. The van der Waals surface area contributed by atoms with Crippen molar-refractivity contribution in [1.29, 1.82) is 0 Å². The molecule has 0 fully saturated rings. The van der Waals surface area contributed by atoms with E-state index in [1.165, 1.54) is 36.9 Å². The molecule has 0 N–H and O–H groups in total. The van der Waals surface area contributed by atoms with E-state index >= 15 is 0 Å². The highest BCUT2D eigenvalue weighted by atomic mass is 35.5. The summed E-state index contributed by atoms with van der Waals surface area (Å²) < 4.78 is 0. The Hall–Kier alpha value is -0.560. The molecule has 70 valence electrons. The number of nitrogens with zero attached hydrogens (tertiary/aromatic N) is 1. The SMILES string of the molecule is CCC1CCCc2ccc(Cl)nc21. The van der Waals surface area contributed by atoms with Gasteiger partial charge in [0.2, 0.25) is 0 Å². The minimum Gasteiger partial charge on any atom is -0.241 e. The quantitative estimate of drug-likeness (QED) is 0.625. The Morgan fingerprint density at radius 2 is 2.38 bits per heavy atom. The van der Waals surface area contributed by atoms with Crippen molar-refractivity contribution < 1.29 is 0 Å². The first-order valence-electron chi connectivity index (χ1n) is 4.96. The lowest BCUT2D eigenvalue weighted by Crippen LogP contribution is -2.11. The van der Waals surface area contributed by atoms with Crippen LogP contribution in [-0.2, 0) is 6.42 Å². The number of aromatic nitrogens is 1. The van der Waals surface area contributed by atoms with Gasteiger partial charge in [0, 0.05) is 11.6 Å². The van der Waals surface area contributed by atoms with Crippen LogP contribution in [0.2, 0.25) is 5.15 Å². The van der Waals surface area contributed by atoms with E-state index in [1.807, 2.05) is 6.07 Å². The number of aryl methyl sites for hydroxylation is 1. The molecule has 0 saturated heterocycles. The second-order valence-corrected chi connectivity index (χ2v) is 4.06. The Morgan fingerprint density at radius 3 is 3.15 bits per heavy atom. The fourth-order valence-electron chi connectivity index (χ4n) is 2.12. The largest absolute Gasteiger partial charge is 0.241 e. The van der Waals surface area contributed by atoms with E-state index in [9.17, 15) is 0 Å². The summed E-state index contributed by atoms with van der Waals surface area (Å²) in [6, 6.07) is 4.03. The molecule has 0 aliphatic heterocycles. The maximum absolute atomic E-state index is 5.89. The molecule has 1 aromatic rings. The minimum absolute atomic E-state index is 0.638. The summed E-state index contributed by atoms with van der Waals surface area (Å²) in [6.45, 7) is 2.22. The van der Waals surface area contributed by atoms with Crippen molar-refractivity contribution in [3.63, 3.8) is 0 Å². The van der Waals surface area contributed by atoms with Gasteiger partial charge in [0.15, 0.2) is 0 Å². The van der Waals surface area contributed by atoms with E-state index < -0.39 is 0 Å². The molecule has 2 rings (SSSR count). The number of rotatable bonds is 1. The molecule has 1 atom stereocenters. The molecule has 0 spiro atoms. The molecule has 1 aliphatic carbocycles. The van der Waals surface area contributed by atoms with Crippen LogP contribution in [0.3, 0.4) is 0 Å². The Labute approximate surface area is 84.1 Å². The van der Waals surface area contributed by atoms with E-state index in [2.05, 4.69) is 18.0 Å². The predicted octanol–water partition coefficient (Wildman–Crippen LogP) is 3.56. The van der Waals surface area contributed by atoms with Gasteiger partial charge in [0.1, 0.15) is 5.15 Å². The number of fused-ring (bicyclic) bond motifs is 1. The molecule has 0 bridgehead atoms. The Kier molecular flexibility index (Phi) is 2.54. The maximum atomic E-state index is 5.89. The van der Waals surface area contributed by atoms with E-state index in [4.69, 9.17) is 11.6 Å². The molecule has 0 radical (unpaired) electrons. The van der Waals surface area contributed by atoms with Crippen molar-refractivity contribution >= 4 is 11.6 Å². The van der Waals surface area contributed by atoms with Gasteiger partial charge >= 0.3 is 0 Å².